The van der Waals surface area contributed by atoms with Crippen LogP contribution < -0.4 is 16.0 Å². The molecule has 2 atom stereocenters. The number of rotatable bonds is 4. The largest absolute Gasteiger partial charge is 0.404 e. The van der Waals surface area contributed by atoms with Crippen LogP contribution in [-0.4, -0.2) is 55.8 Å². The number of anilines is 1. The van der Waals surface area contributed by atoms with Crippen molar-refractivity contribution in [1.82, 2.24) is 24.3 Å². The Morgan fingerprint density at radius 1 is 1.38 bits per heavy atom. The van der Waals surface area contributed by atoms with E-state index in [0.717, 1.165) is 11.4 Å². The van der Waals surface area contributed by atoms with Crippen molar-refractivity contribution in [2.75, 3.05) is 18.1 Å². The fourth-order valence-electron chi connectivity index (χ4n) is 3.47. The minimum atomic E-state index is -0.253. The predicted molar refractivity (Wildman–Crippen MR) is 106 cm³/mol. The molecule has 0 bridgehead atoms. The van der Waals surface area contributed by atoms with Crippen LogP contribution in [-0.2, 0) is 4.74 Å². The van der Waals surface area contributed by atoms with Crippen molar-refractivity contribution in [2.45, 2.75) is 19.1 Å². The molecule has 0 amide bonds. The highest BCUT2D eigenvalue weighted by Crippen LogP contribution is 2.26. The topological polar surface area (TPSA) is 144 Å². The Labute approximate surface area is 166 Å². The maximum Gasteiger partial charge on any atom is 0.180 e. The van der Waals surface area contributed by atoms with E-state index in [1.165, 1.54) is 12.4 Å². The van der Waals surface area contributed by atoms with Gasteiger partial charge in [0.05, 0.1) is 30.6 Å². The molecule has 0 aromatic carbocycles. The van der Waals surface area contributed by atoms with Crippen LogP contribution in [0.2, 0.25) is 0 Å². The van der Waals surface area contributed by atoms with E-state index in [1.54, 1.807) is 29.2 Å². The SMILES string of the molecule is CC1C(C(C=[NH2+])=CN)OCCN1c1ccnc(-c2cnc3cnc(C#N)cn23)n1. The van der Waals surface area contributed by atoms with Crippen LogP contribution in [0.4, 0.5) is 5.82 Å². The predicted octanol–water partition coefficient (Wildman–Crippen LogP) is -0.676. The Morgan fingerprint density at radius 3 is 3.00 bits per heavy atom. The summed E-state index contributed by atoms with van der Waals surface area (Å²) < 4.78 is 7.63. The number of hydrogen-bond donors (Lipinski definition) is 2. The van der Waals surface area contributed by atoms with Crippen LogP contribution in [0.5, 0.6) is 0 Å². The van der Waals surface area contributed by atoms with E-state index < -0.39 is 0 Å². The summed E-state index contributed by atoms with van der Waals surface area (Å²) in [5, 5.41) is 14.8. The molecule has 3 aromatic heterocycles. The zero-order chi connectivity index (χ0) is 20.4. The Balaban J connectivity index is 1.71. The molecule has 0 aliphatic carbocycles. The van der Waals surface area contributed by atoms with Gasteiger partial charge in [-0.1, -0.05) is 0 Å². The van der Waals surface area contributed by atoms with Crippen LogP contribution >= 0.6 is 0 Å². The lowest BCUT2D eigenvalue weighted by atomic mass is 10.0. The summed E-state index contributed by atoms with van der Waals surface area (Å²) in [4.78, 5) is 19.6. The lowest BCUT2D eigenvalue weighted by Gasteiger charge is -2.39. The fraction of sp³-hybridized carbons (Fsp3) is 0.263. The van der Waals surface area contributed by atoms with E-state index in [-0.39, 0.29) is 17.8 Å². The summed E-state index contributed by atoms with van der Waals surface area (Å²) in [6, 6.07) is 3.85. The molecule has 4 heterocycles. The molecule has 10 nitrogen and oxygen atoms in total. The zero-order valence-electron chi connectivity index (χ0n) is 15.8. The van der Waals surface area contributed by atoms with E-state index in [2.05, 4.69) is 19.9 Å². The number of nitrogens with two attached hydrogens (primary N) is 2. The highest BCUT2D eigenvalue weighted by Gasteiger charge is 2.32. The van der Waals surface area contributed by atoms with Crippen LogP contribution in [0.1, 0.15) is 12.6 Å². The zero-order valence-corrected chi connectivity index (χ0v) is 15.8. The molecular formula is C19H20N9O+. The fourth-order valence-corrected chi connectivity index (χ4v) is 3.47. The standard InChI is InChI=1S/C19H19N9O/c1-12-18(13(6-20)7-21)29-5-4-27(12)16-2-3-23-19(26-16)15-9-25-17-10-24-14(8-22)11-28(15)17/h2-3,6-7,9-12,18,20H,4-5,21H2,1H3/p+1. The van der Waals surface area contributed by atoms with Gasteiger partial charge in [0.25, 0.3) is 0 Å². The van der Waals surface area contributed by atoms with Gasteiger partial charge in [0.1, 0.15) is 23.7 Å². The van der Waals surface area contributed by atoms with E-state index in [4.69, 9.17) is 26.1 Å². The van der Waals surface area contributed by atoms with Crippen molar-refractivity contribution < 1.29 is 10.1 Å². The van der Waals surface area contributed by atoms with Crippen molar-refractivity contribution >= 4 is 17.7 Å². The van der Waals surface area contributed by atoms with Crippen molar-refractivity contribution in [3.63, 3.8) is 0 Å². The first-order chi connectivity index (χ1) is 14.2. The van der Waals surface area contributed by atoms with E-state index >= 15 is 0 Å². The van der Waals surface area contributed by atoms with Gasteiger partial charge < -0.3 is 15.4 Å². The summed E-state index contributed by atoms with van der Waals surface area (Å²) in [5.74, 6) is 1.26. The maximum absolute atomic E-state index is 9.13. The molecule has 1 aliphatic rings. The minimum absolute atomic E-state index is 0.0299. The lowest BCUT2D eigenvalue weighted by Crippen LogP contribution is -2.52. The quantitative estimate of drug-likeness (QED) is 0.558. The molecule has 29 heavy (non-hydrogen) atoms. The van der Waals surface area contributed by atoms with E-state index in [1.807, 2.05) is 19.1 Å². The van der Waals surface area contributed by atoms with Gasteiger partial charge in [-0.3, -0.25) is 9.81 Å². The number of fused-ring (bicyclic) bond motifs is 1. The van der Waals surface area contributed by atoms with Crippen molar-refractivity contribution in [2.24, 2.45) is 5.73 Å². The van der Waals surface area contributed by atoms with Crippen LogP contribution in [0.25, 0.3) is 17.2 Å². The lowest BCUT2D eigenvalue weighted by molar-refractivity contribution is -0.106. The third-order valence-electron chi connectivity index (χ3n) is 4.95. The Morgan fingerprint density at radius 2 is 2.24 bits per heavy atom. The molecule has 0 saturated carbocycles. The summed E-state index contributed by atoms with van der Waals surface area (Å²) >= 11 is 0. The summed E-state index contributed by atoms with van der Waals surface area (Å²) in [5.41, 5.74) is 8.00. The van der Waals surface area contributed by atoms with Crippen molar-refractivity contribution in [3.05, 3.63) is 48.3 Å². The normalized spacial score (nSPS) is 19.9. The van der Waals surface area contributed by atoms with E-state index in [9.17, 15) is 0 Å². The summed E-state index contributed by atoms with van der Waals surface area (Å²) in [6.45, 7) is 3.23. The summed E-state index contributed by atoms with van der Waals surface area (Å²) in [6.07, 6.45) is 9.22. The first-order valence-electron chi connectivity index (χ1n) is 9.08. The van der Waals surface area contributed by atoms with Gasteiger partial charge in [-0.05, 0) is 13.0 Å². The molecular weight excluding hydrogens is 370 g/mol. The average Bonchev–Trinajstić information content (AvgIpc) is 3.19. The Kier molecular flexibility index (Phi) is 4.88. The minimum Gasteiger partial charge on any atom is -0.404 e. The van der Waals surface area contributed by atoms with E-state index in [0.29, 0.717) is 30.3 Å². The third kappa shape index (κ3) is 3.28. The van der Waals surface area contributed by atoms with Gasteiger partial charge in [0.15, 0.2) is 23.4 Å². The second-order valence-electron chi connectivity index (χ2n) is 6.55. The monoisotopic (exact) mass is 390 g/mol. The Hall–Kier alpha value is -3.84. The first-order valence-corrected chi connectivity index (χ1v) is 9.08. The van der Waals surface area contributed by atoms with Crippen LogP contribution in [0.15, 0.2) is 42.6 Å². The number of nitriles is 1. The second kappa shape index (κ2) is 7.65. The number of nitrogens with zero attached hydrogens (tertiary/aromatic N) is 7. The van der Waals surface area contributed by atoms with Gasteiger partial charge in [0, 0.05) is 25.1 Å². The number of hydrogen-bond acceptors (Lipinski definition) is 8. The van der Waals surface area contributed by atoms with Crippen molar-refractivity contribution in [1.29, 1.82) is 5.26 Å². The van der Waals surface area contributed by atoms with Gasteiger partial charge in [-0.15, -0.1) is 0 Å². The maximum atomic E-state index is 9.13. The molecule has 3 aromatic rings. The van der Waals surface area contributed by atoms with Crippen LogP contribution in [0.3, 0.4) is 0 Å². The number of imidazole rings is 1. The first kappa shape index (κ1) is 18.5. The third-order valence-corrected chi connectivity index (χ3v) is 4.95. The molecule has 1 aliphatic heterocycles. The summed E-state index contributed by atoms with van der Waals surface area (Å²) in [7, 11) is 0. The number of ether oxygens (including phenoxy) is 1. The smallest absolute Gasteiger partial charge is 0.180 e. The molecule has 146 valence electrons. The van der Waals surface area contributed by atoms with Gasteiger partial charge in [-0.25, -0.2) is 19.9 Å². The number of aromatic nitrogens is 5. The highest BCUT2D eigenvalue weighted by molar-refractivity contribution is 5.75. The molecule has 0 radical (unpaired) electrons. The average molecular weight is 390 g/mol. The molecule has 4 rings (SSSR count). The van der Waals surface area contributed by atoms with Gasteiger partial charge in [-0.2, -0.15) is 5.26 Å². The van der Waals surface area contributed by atoms with Gasteiger partial charge in [0.2, 0.25) is 0 Å². The second-order valence-corrected chi connectivity index (χ2v) is 6.55. The van der Waals surface area contributed by atoms with Crippen LogP contribution in [0, 0.1) is 11.3 Å². The molecule has 2 unspecified atom stereocenters. The molecule has 1 fully saturated rings. The molecule has 10 heteroatoms. The molecule has 4 N–H and O–H groups in total. The Bertz CT molecular complexity index is 1130. The number of morpholine rings is 1. The van der Waals surface area contributed by atoms with Gasteiger partial charge >= 0.3 is 0 Å². The van der Waals surface area contributed by atoms with Crippen molar-refractivity contribution in [3.8, 4) is 17.6 Å². The highest BCUT2D eigenvalue weighted by atomic mass is 16.5. The molecule has 1 saturated heterocycles. The molecule has 0 spiro atoms.